The van der Waals surface area contributed by atoms with Crippen molar-refractivity contribution in [3.8, 4) is 5.75 Å². The molecule has 0 fully saturated rings. The number of phenolic OH excluding ortho intramolecular Hbond substituents is 1. The lowest BCUT2D eigenvalue weighted by Gasteiger charge is -2.06. The van der Waals surface area contributed by atoms with E-state index >= 15 is 0 Å². The zero-order chi connectivity index (χ0) is 9.97. The molecule has 2 rings (SSSR count). The Morgan fingerprint density at radius 1 is 1.00 bits per heavy atom. The first-order valence-electron chi connectivity index (χ1n) is 4.72. The monoisotopic (exact) mass is 187 g/mol. The summed E-state index contributed by atoms with van der Waals surface area (Å²) in [6.07, 6.45) is 0.848. The standard InChI is InChI=1S/C12H13NO/c13-8-7-9-5-6-12(14)11-4-2-1-3-10(9)11/h1-6,14H,7-8,13H2. The lowest BCUT2D eigenvalue weighted by molar-refractivity contribution is 0.481. The van der Waals surface area contributed by atoms with Gasteiger partial charge >= 0.3 is 0 Å². The highest BCUT2D eigenvalue weighted by molar-refractivity contribution is 5.90. The van der Waals surface area contributed by atoms with Crippen molar-refractivity contribution >= 4 is 10.8 Å². The summed E-state index contributed by atoms with van der Waals surface area (Å²) in [5.41, 5.74) is 6.72. The summed E-state index contributed by atoms with van der Waals surface area (Å²) < 4.78 is 0. The molecule has 0 radical (unpaired) electrons. The van der Waals surface area contributed by atoms with Gasteiger partial charge in [0.2, 0.25) is 0 Å². The minimum Gasteiger partial charge on any atom is -0.507 e. The molecular weight excluding hydrogens is 174 g/mol. The van der Waals surface area contributed by atoms with E-state index in [1.54, 1.807) is 6.07 Å². The van der Waals surface area contributed by atoms with Crippen LogP contribution in [0.4, 0.5) is 0 Å². The Labute approximate surface area is 83.0 Å². The Balaban J connectivity index is 2.68. The van der Waals surface area contributed by atoms with Crippen molar-refractivity contribution in [3.63, 3.8) is 0 Å². The second kappa shape index (κ2) is 3.68. The largest absolute Gasteiger partial charge is 0.507 e. The van der Waals surface area contributed by atoms with E-state index in [2.05, 4.69) is 0 Å². The smallest absolute Gasteiger partial charge is 0.123 e. The summed E-state index contributed by atoms with van der Waals surface area (Å²) >= 11 is 0. The van der Waals surface area contributed by atoms with E-state index in [-0.39, 0.29) is 0 Å². The van der Waals surface area contributed by atoms with Gasteiger partial charge in [0, 0.05) is 5.39 Å². The third-order valence-corrected chi connectivity index (χ3v) is 2.41. The Hall–Kier alpha value is -1.54. The van der Waals surface area contributed by atoms with Gasteiger partial charge in [0.05, 0.1) is 0 Å². The van der Waals surface area contributed by atoms with Crippen LogP contribution in [0.15, 0.2) is 36.4 Å². The number of aromatic hydroxyl groups is 1. The van der Waals surface area contributed by atoms with Gasteiger partial charge in [-0.1, -0.05) is 30.3 Å². The molecule has 0 bridgehead atoms. The average Bonchev–Trinajstić information content (AvgIpc) is 2.23. The molecule has 0 aliphatic carbocycles. The number of benzene rings is 2. The van der Waals surface area contributed by atoms with Crippen molar-refractivity contribution in [3.05, 3.63) is 42.0 Å². The van der Waals surface area contributed by atoms with Gasteiger partial charge in [-0.05, 0) is 30.0 Å². The minimum atomic E-state index is 0.335. The Morgan fingerprint density at radius 3 is 2.43 bits per heavy atom. The van der Waals surface area contributed by atoms with Crippen LogP contribution in [0.2, 0.25) is 0 Å². The van der Waals surface area contributed by atoms with Crippen LogP contribution in [0.5, 0.6) is 5.75 Å². The average molecular weight is 187 g/mol. The van der Waals surface area contributed by atoms with Gasteiger partial charge in [0.25, 0.3) is 0 Å². The van der Waals surface area contributed by atoms with Crippen LogP contribution in [0.25, 0.3) is 10.8 Å². The molecule has 0 atom stereocenters. The fourth-order valence-corrected chi connectivity index (χ4v) is 1.72. The summed E-state index contributed by atoms with van der Waals surface area (Å²) in [5.74, 6) is 0.335. The van der Waals surface area contributed by atoms with Crippen LogP contribution >= 0.6 is 0 Å². The number of phenols is 1. The van der Waals surface area contributed by atoms with Crippen LogP contribution in [-0.4, -0.2) is 11.7 Å². The van der Waals surface area contributed by atoms with Crippen molar-refractivity contribution in [1.29, 1.82) is 0 Å². The van der Waals surface area contributed by atoms with Crippen molar-refractivity contribution in [2.45, 2.75) is 6.42 Å². The van der Waals surface area contributed by atoms with Crippen LogP contribution in [0, 0.1) is 0 Å². The molecule has 2 aromatic carbocycles. The first-order valence-corrected chi connectivity index (χ1v) is 4.72. The predicted molar refractivity (Wildman–Crippen MR) is 58.4 cm³/mol. The summed E-state index contributed by atoms with van der Waals surface area (Å²) in [4.78, 5) is 0. The van der Waals surface area contributed by atoms with E-state index in [0.29, 0.717) is 12.3 Å². The molecule has 0 saturated heterocycles. The predicted octanol–water partition coefficient (Wildman–Crippen LogP) is 2.05. The maximum absolute atomic E-state index is 9.63. The molecule has 0 saturated carbocycles. The summed E-state index contributed by atoms with van der Waals surface area (Å²) in [7, 11) is 0. The Bertz CT molecular complexity index is 451. The second-order valence-corrected chi connectivity index (χ2v) is 3.33. The fourth-order valence-electron chi connectivity index (χ4n) is 1.72. The quantitative estimate of drug-likeness (QED) is 0.755. The first kappa shape index (κ1) is 9.03. The van der Waals surface area contributed by atoms with Gasteiger partial charge in [-0.3, -0.25) is 0 Å². The van der Waals surface area contributed by atoms with Gasteiger partial charge in [-0.2, -0.15) is 0 Å². The van der Waals surface area contributed by atoms with Crippen molar-refractivity contribution in [1.82, 2.24) is 0 Å². The number of fused-ring (bicyclic) bond motifs is 1. The van der Waals surface area contributed by atoms with E-state index in [4.69, 9.17) is 5.73 Å². The number of hydrogen-bond donors (Lipinski definition) is 2. The SMILES string of the molecule is NCCc1ccc(O)c2ccccc12. The van der Waals surface area contributed by atoms with Crippen molar-refractivity contribution < 1.29 is 5.11 Å². The van der Waals surface area contributed by atoms with E-state index in [9.17, 15) is 5.11 Å². The summed E-state index contributed by atoms with van der Waals surface area (Å²) in [6.45, 7) is 0.634. The minimum absolute atomic E-state index is 0.335. The zero-order valence-corrected chi connectivity index (χ0v) is 7.90. The molecule has 14 heavy (non-hydrogen) atoms. The molecule has 2 aromatic rings. The van der Waals surface area contributed by atoms with Crippen LogP contribution in [0.3, 0.4) is 0 Å². The molecule has 0 aliphatic heterocycles. The summed E-state index contributed by atoms with van der Waals surface area (Å²) in [5, 5.41) is 11.6. The molecule has 0 amide bonds. The molecule has 0 unspecified atom stereocenters. The number of nitrogens with two attached hydrogens (primary N) is 1. The van der Waals surface area contributed by atoms with E-state index in [1.165, 1.54) is 5.56 Å². The molecule has 2 nitrogen and oxygen atoms in total. The van der Waals surface area contributed by atoms with E-state index in [0.717, 1.165) is 17.2 Å². The maximum atomic E-state index is 9.63. The molecule has 3 N–H and O–H groups in total. The highest BCUT2D eigenvalue weighted by Gasteiger charge is 2.02. The molecule has 72 valence electrons. The molecule has 2 heteroatoms. The topological polar surface area (TPSA) is 46.2 Å². The maximum Gasteiger partial charge on any atom is 0.123 e. The third kappa shape index (κ3) is 1.44. The van der Waals surface area contributed by atoms with Crippen molar-refractivity contribution in [2.75, 3.05) is 6.54 Å². The highest BCUT2D eigenvalue weighted by atomic mass is 16.3. The zero-order valence-electron chi connectivity index (χ0n) is 7.90. The first-order chi connectivity index (χ1) is 6.83. The highest BCUT2D eigenvalue weighted by Crippen LogP contribution is 2.27. The second-order valence-electron chi connectivity index (χ2n) is 3.33. The molecule has 0 aliphatic rings. The van der Waals surface area contributed by atoms with Gasteiger partial charge < -0.3 is 10.8 Å². The lowest BCUT2D eigenvalue weighted by atomic mass is 10.0. The Morgan fingerprint density at radius 2 is 1.71 bits per heavy atom. The molecule has 0 heterocycles. The van der Waals surface area contributed by atoms with Gasteiger partial charge in [0.1, 0.15) is 5.75 Å². The van der Waals surface area contributed by atoms with Gasteiger partial charge in [-0.15, -0.1) is 0 Å². The lowest BCUT2D eigenvalue weighted by Crippen LogP contribution is -2.02. The number of rotatable bonds is 2. The van der Waals surface area contributed by atoms with Crippen LogP contribution in [0.1, 0.15) is 5.56 Å². The summed E-state index contributed by atoms with van der Waals surface area (Å²) in [6, 6.07) is 11.5. The van der Waals surface area contributed by atoms with Crippen LogP contribution < -0.4 is 5.73 Å². The normalized spacial score (nSPS) is 10.6. The van der Waals surface area contributed by atoms with E-state index in [1.807, 2.05) is 30.3 Å². The molecule has 0 spiro atoms. The number of hydrogen-bond acceptors (Lipinski definition) is 2. The third-order valence-electron chi connectivity index (χ3n) is 2.41. The fraction of sp³-hybridized carbons (Fsp3) is 0.167. The van der Waals surface area contributed by atoms with Crippen molar-refractivity contribution in [2.24, 2.45) is 5.73 Å². The molecular formula is C12H13NO. The van der Waals surface area contributed by atoms with Gasteiger partial charge in [0.15, 0.2) is 0 Å². The molecule has 0 aromatic heterocycles. The van der Waals surface area contributed by atoms with Crippen LogP contribution in [-0.2, 0) is 6.42 Å². The van der Waals surface area contributed by atoms with Gasteiger partial charge in [-0.25, -0.2) is 0 Å². The van der Waals surface area contributed by atoms with E-state index < -0.39 is 0 Å². The Kier molecular flexibility index (Phi) is 2.37.